The Morgan fingerprint density at radius 1 is 1.32 bits per heavy atom. The number of rotatable bonds is 4. The van der Waals surface area contributed by atoms with Gasteiger partial charge in [0.15, 0.2) is 5.82 Å². The minimum atomic E-state index is 0.431. The molecule has 25 heavy (non-hydrogen) atoms. The Kier molecular flexibility index (Phi) is 5.82. The Morgan fingerprint density at radius 3 is 2.92 bits per heavy atom. The first-order chi connectivity index (χ1) is 12.1. The lowest BCUT2D eigenvalue weighted by atomic mass is 10.1. The summed E-state index contributed by atoms with van der Waals surface area (Å²) in [6, 6.07) is 8.15. The third kappa shape index (κ3) is 4.08. The van der Waals surface area contributed by atoms with Gasteiger partial charge < -0.3 is 4.57 Å². The van der Waals surface area contributed by atoms with Gasteiger partial charge in [-0.05, 0) is 31.1 Å². The largest absolute Gasteiger partial charge is 0.310 e. The second-order valence-corrected chi connectivity index (χ2v) is 8.42. The molecule has 1 aromatic heterocycles. The summed E-state index contributed by atoms with van der Waals surface area (Å²) in [6.45, 7) is 5.15. The minimum Gasteiger partial charge on any atom is -0.310 e. The van der Waals surface area contributed by atoms with Crippen molar-refractivity contribution in [1.82, 2.24) is 14.8 Å². The van der Waals surface area contributed by atoms with E-state index >= 15 is 0 Å². The molecule has 2 aromatic rings. The van der Waals surface area contributed by atoms with Gasteiger partial charge in [-0.25, -0.2) is 0 Å². The predicted molar refractivity (Wildman–Crippen MR) is 104 cm³/mol. The van der Waals surface area contributed by atoms with E-state index in [1.807, 2.05) is 24.3 Å². The van der Waals surface area contributed by atoms with Crippen LogP contribution < -0.4 is 0 Å². The summed E-state index contributed by atoms with van der Waals surface area (Å²) in [6.07, 6.45) is 6.19. The lowest BCUT2D eigenvalue weighted by molar-refractivity contribution is 0.627. The number of aromatic nitrogens is 3. The predicted octanol–water partition coefficient (Wildman–Crippen LogP) is 5.22. The van der Waals surface area contributed by atoms with Gasteiger partial charge in [-0.1, -0.05) is 37.9 Å². The molecule has 0 spiro atoms. The van der Waals surface area contributed by atoms with Gasteiger partial charge in [-0.15, -0.1) is 22.0 Å². The van der Waals surface area contributed by atoms with Crippen LogP contribution in [0.15, 0.2) is 23.1 Å². The molecule has 0 radical (unpaired) electrons. The Hall–Kier alpha value is -1.77. The quantitative estimate of drug-likeness (QED) is 0.545. The van der Waals surface area contributed by atoms with Crippen molar-refractivity contribution in [1.29, 1.82) is 5.26 Å². The molecule has 0 atom stereocenters. The third-order valence-electron chi connectivity index (χ3n) is 4.14. The van der Waals surface area contributed by atoms with E-state index in [9.17, 15) is 5.26 Å². The zero-order valence-electron chi connectivity index (χ0n) is 14.5. The molecule has 3 rings (SSSR count). The van der Waals surface area contributed by atoms with E-state index in [1.165, 1.54) is 6.42 Å². The minimum absolute atomic E-state index is 0.431. The van der Waals surface area contributed by atoms with Crippen LogP contribution in [-0.4, -0.2) is 20.0 Å². The lowest BCUT2D eigenvalue weighted by Gasteiger charge is -2.11. The molecule has 0 saturated heterocycles. The summed E-state index contributed by atoms with van der Waals surface area (Å²) in [5.74, 6) is 1.63. The van der Waals surface area contributed by atoms with Gasteiger partial charge in [0.1, 0.15) is 11.9 Å². The molecular weight excluding hydrogens is 352 g/mol. The van der Waals surface area contributed by atoms with E-state index in [0.717, 1.165) is 42.1 Å². The van der Waals surface area contributed by atoms with Gasteiger partial charge in [-0.3, -0.25) is 0 Å². The molecule has 0 fully saturated rings. The molecule has 2 heterocycles. The number of nitriles is 1. The first-order valence-corrected chi connectivity index (χ1v) is 9.85. The zero-order valence-corrected chi connectivity index (χ0v) is 16.1. The van der Waals surface area contributed by atoms with Gasteiger partial charge in [0.25, 0.3) is 0 Å². The van der Waals surface area contributed by atoms with Crippen LogP contribution in [0.3, 0.4) is 0 Å². The summed E-state index contributed by atoms with van der Waals surface area (Å²) in [7, 11) is 0. The first-order valence-electron chi connectivity index (χ1n) is 8.59. The molecule has 1 aliphatic heterocycles. The van der Waals surface area contributed by atoms with E-state index in [2.05, 4.69) is 34.7 Å². The zero-order chi connectivity index (χ0) is 17.8. The van der Waals surface area contributed by atoms with Crippen LogP contribution in [0.2, 0.25) is 5.02 Å². The van der Waals surface area contributed by atoms with Crippen LogP contribution in [0.1, 0.15) is 50.3 Å². The number of aryl methyl sites for hydroxylation is 1. The molecule has 0 bridgehead atoms. The van der Waals surface area contributed by atoms with Crippen molar-refractivity contribution in [3.63, 3.8) is 0 Å². The summed E-state index contributed by atoms with van der Waals surface area (Å²) in [5, 5.41) is 19.4. The molecule has 0 aliphatic carbocycles. The Labute approximate surface area is 157 Å². The second-order valence-electron chi connectivity index (χ2n) is 6.39. The van der Waals surface area contributed by atoms with Crippen LogP contribution in [0, 0.1) is 11.3 Å². The van der Waals surface area contributed by atoms with Crippen LogP contribution in [0.25, 0.3) is 11.6 Å². The molecule has 0 saturated carbocycles. The van der Waals surface area contributed by atoms with Crippen molar-refractivity contribution in [2.24, 2.45) is 0 Å². The molecule has 6 heteroatoms. The molecule has 1 aromatic carbocycles. The number of hydrogen-bond acceptors (Lipinski definition) is 4. The fourth-order valence-electron chi connectivity index (χ4n) is 2.99. The number of fused-ring (bicyclic) bond motifs is 1. The normalized spacial score (nSPS) is 14.9. The molecular formula is C19H21ClN4S. The van der Waals surface area contributed by atoms with Gasteiger partial charge >= 0.3 is 0 Å². The maximum absolute atomic E-state index is 9.75. The van der Waals surface area contributed by atoms with Crippen LogP contribution in [0.5, 0.6) is 0 Å². The highest BCUT2D eigenvalue weighted by atomic mass is 35.5. The number of benzene rings is 1. The molecule has 0 unspecified atom stereocenters. The third-order valence-corrected chi connectivity index (χ3v) is 5.55. The van der Waals surface area contributed by atoms with Crippen LogP contribution in [-0.2, 0) is 13.0 Å². The van der Waals surface area contributed by atoms with E-state index in [4.69, 9.17) is 11.6 Å². The Bertz CT molecular complexity index is 832. The SMILES string of the molecule is CC(C)Sc1cccc(Cl)c1/C=C(\C#N)c1nnc2n1CCCCC2. The maximum atomic E-state index is 9.75. The lowest BCUT2D eigenvalue weighted by Crippen LogP contribution is -2.05. The highest BCUT2D eigenvalue weighted by Gasteiger charge is 2.18. The van der Waals surface area contributed by atoms with Gasteiger partial charge in [0, 0.05) is 33.7 Å². The second kappa shape index (κ2) is 8.07. The monoisotopic (exact) mass is 372 g/mol. The van der Waals surface area contributed by atoms with E-state index in [-0.39, 0.29) is 0 Å². The highest BCUT2D eigenvalue weighted by Crippen LogP contribution is 2.34. The summed E-state index contributed by atoms with van der Waals surface area (Å²) >= 11 is 8.17. The summed E-state index contributed by atoms with van der Waals surface area (Å²) < 4.78 is 2.09. The number of hydrogen-bond donors (Lipinski definition) is 0. The van der Waals surface area contributed by atoms with Crippen molar-refractivity contribution in [3.8, 4) is 6.07 Å². The van der Waals surface area contributed by atoms with Crippen molar-refractivity contribution < 1.29 is 0 Å². The smallest absolute Gasteiger partial charge is 0.174 e. The van der Waals surface area contributed by atoms with Gasteiger partial charge in [-0.2, -0.15) is 5.26 Å². The molecule has 0 N–H and O–H groups in total. The maximum Gasteiger partial charge on any atom is 0.174 e. The highest BCUT2D eigenvalue weighted by molar-refractivity contribution is 8.00. The summed E-state index contributed by atoms with van der Waals surface area (Å²) in [4.78, 5) is 1.07. The average molecular weight is 373 g/mol. The molecule has 130 valence electrons. The Morgan fingerprint density at radius 2 is 2.16 bits per heavy atom. The van der Waals surface area contributed by atoms with Gasteiger partial charge in [0.2, 0.25) is 0 Å². The van der Waals surface area contributed by atoms with E-state index in [1.54, 1.807) is 11.8 Å². The average Bonchev–Trinajstić information content (AvgIpc) is 2.82. The fraction of sp³-hybridized carbons (Fsp3) is 0.421. The Balaban J connectivity index is 2.06. The molecule has 0 amide bonds. The van der Waals surface area contributed by atoms with Gasteiger partial charge in [0.05, 0.1) is 5.57 Å². The van der Waals surface area contributed by atoms with E-state index in [0.29, 0.717) is 21.7 Å². The van der Waals surface area contributed by atoms with Crippen LogP contribution >= 0.6 is 23.4 Å². The van der Waals surface area contributed by atoms with E-state index < -0.39 is 0 Å². The van der Waals surface area contributed by atoms with Crippen molar-refractivity contribution in [2.75, 3.05) is 0 Å². The fourth-order valence-corrected chi connectivity index (χ4v) is 4.24. The number of allylic oxidation sites excluding steroid dienone is 1. The molecule has 1 aliphatic rings. The number of halogens is 1. The van der Waals surface area contributed by atoms with Crippen molar-refractivity contribution in [3.05, 3.63) is 40.4 Å². The number of thioether (sulfide) groups is 1. The van der Waals surface area contributed by atoms with Crippen molar-refractivity contribution >= 4 is 35.0 Å². The summed E-state index contributed by atoms with van der Waals surface area (Å²) in [5.41, 5.74) is 1.39. The first kappa shape index (κ1) is 18.0. The number of nitrogens with zero attached hydrogens (tertiary/aromatic N) is 4. The van der Waals surface area contributed by atoms with Crippen molar-refractivity contribution in [2.45, 2.75) is 56.2 Å². The standard InChI is InChI=1S/C19H21ClN4S/c1-13(2)25-17-8-6-7-16(20)15(17)11-14(12-21)19-23-22-18-9-4-3-5-10-24(18)19/h6-8,11,13H,3-5,9-10H2,1-2H3/b14-11+. The van der Waals surface area contributed by atoms with Crippen LogP contribution in [0.4, 0.5) is 0 Å². The topological polar surface area (TPSA) is 54.5 Å². The molecule has 4 nitrogen and oxygen atoms in total.